The summed E-state index contributed by atoms with van der Waals surface area (Å²) < 4.78 is 0. The lowest BCUT2D eigenvalue weighted by Gasteiger charge is -2.16. The summed E-state index contributed by atoms with van der Waals surface area (Å²) in [6.45, 7) is 6.07. The Bertz CT molecular complexity index is 763. The number of anilines is 2. The number of hydrogen-bond donors (Lipinski definition) is 2. The van der Waals surface area contributed by atoms with E-state index in [0.717, 1.165) is 42.9 Å². The van der Waals surface area contributed by atoms with Crippen molar-refractivity contribution in [2.45, 2.75) is 32.6 Å². The van der Waals surface area contributed by atoms with E-state index in [-0.39, 0.29) is 5.91 Å². The summed E-state index contributed by atoms with van der Waals surface area (Å²) in [6, 6.07) is 15.7. The van der Waals surface area contributed by atoms with Gasteiger partial charge in [-0.2, -0.15) is 0 Å². The molecule has 0 bridgehead atoms. The Balaban J connectivity index is 1.56. The van der Waals surface area contributed by atoms with Crippen LogP contribution >= 0.6 is 12.2 Å². The van der Waals surface area contributed by atoms with E-state index in [1.807, 2.05) is 41.3 Å². The topological polar surface area (TPSA) is 44.4 Å². The zero-order valence-corrected chi connectivity index (χ0v) is 16.1. The van der Waals surface area contributed by atoms with Crippen LogP contribution in [0.5, 0.6) is 0 Å². The first-order valence-corrected chi connectivity index (χ1v) is 9.51. The highest BCUT2D eigenvalue weighted by Gasteiger charge is 2.19. The molecule has 1 fully saturated rings. The molecule has 1 heterocycles. The maximum absolute atomic E-state index is 12.4. The van der Waals surface area contributed by atoms with Gasteiger partial charge >= 0.3 is 0 Å². The van der Waals surface area contributed by atoms with Crippen molar-refractivity contribution >= 4 is 34.6 Å². The second-order valence-electron chi connectivity index (χ2n) is 6.93. The first kappa shape index (κ1) is 18.4. The van der Waals surface area contributed by atoms with Crippen molar-refractivity contribution in [1.82, 2.24) is 4.90 Å². The van der Waals surface area contributed by atoms with Crippen LogP contribution in [0, 0.1) is 0 Å². The van der Waals surface area contributed by atoms with E-state index in [2.05, 4.69) is 36.6 Å². The molecule has 0 unspecified atom stereocenters. The number of nitrogens with zero attached hydrogens (tertiary/aromatic N) is 1. The fourth-order valence-electron chi connectivity index (χ4n) is 3.04. The molecule has 0 aliphatic carbocycles. The van der Waals surface area contributed by atoms with E-state index in [0.29, 0.717) is 11.0 Å². The Hall–Kier alpha value is -2.40. The number of likely N-dealkylation sites (tertiary alicyclic amines) is 1. The minimum absolute atomic E-state index is 0.111. The van der Waals surface area contributed by atoms with Crippen LogP contribution in [0.3, 0.4) is 0 Å². The predicted octanol–water partition coefficient (Wildman–Crippen LogP) is 4.85. The summed E-state index contributed by atoms with van der Waals surface area (Å²) >= 11 is 5.38. The van der Waals surface area contributed by atoms with E-state index < -0.39 is 0 Å². The van der Waals surface area contributed by atoms with Gasteiger partial charge in [0.05, 0.1) is 0 Å². The number of rotatable bonds is 4. The third-order valence-corrected chi connectivity index (χ3v) is 4.82. The Morgan fingerprint density at radius 2 is 1.42 bits per heavy atom. The van der Waals surface area contributed by atoms with Crippen LogP contribution in [0.15, 0.2) is 48.5 Å². The van der Waals surface area contributed by atoms with Crippen LogP contribution in [0.4, 0.5) is 11.4 Å². The molecular weight excluding hydrogens is 342 g/mol. The van der Waals surface area contributed by atoms with E-state index >= 15 is 0 Å². The second-order valence-corrected chi connectivity index (χ2v) is 7.34. The van der Waals surface area contributed by atoms with Gasteiger partial charge in [0.15, 0.2) is 5.11 Å². The Morgan fingerprint density at radius 1 is 0.923 bits per heavy atom. The van der Waals surface area contributed by atoms with Crippen molar-refractivity contribution in [2.24, 2.45) is 0 Å². The monoisotopic (exact) mass is 367 g/mol. The normalized spacial score (nSPS) is 13.7. The van der Waals surface area contributed by atoms with E-state index in [9.17, 15) is 4.79 Å². The third kappa shape index (κ3) is 4.61. The molecule has 1 amide bonds. The van der Waals surface area contributed by atoms with Gasteiger partial charge in [-0.3, -0.25) is 4.79 Å². The van der Waals surface area contributed by atoms with Gasteiger partial charge in [0.1, 0.15) is 0 Å². The van der Waals surface area contributed by atoms with Gasteiger partial charge in [0.25, 0.3) is 5.91 Å². The molecule has 1 aliphatic heterocycles. The lowest BCUT2D eigenvalue weighted by atomic mass is 10.0. The maximum Gasteiger partial charge on any atom is 0.253 e. The molecule has 4 nitrogen and oxygen atoms in total. The molecule has 0 atom stereocenters. The zero-order chi connectivity index (χ0) is 18.5. The largest absolute Gasteiger partial charge is 0.339 e. The molecule has 0 aromatic heterocycles. The number of carbonyl (C=O) groups is 1. The first-order valence-electron chi connectivity index (χ1n) is 9.10. The number of amides is 1. The average molecular weight is 368 g/mol. The van der Waals surface area contributed by atoms with Crippen LogP contribution in [-0.2, 0) is 0 Å². The Morgan fingerprint density at radius 3 is 1.92 bits per heavy atom. The van der Waals surface area contributed by atoms with Crippen molar-refractivity contribution in [3.63, 3.8) is 0 Å². The molecular formula is C21H25N3OS. The molecule has 2 N–H and O–H groups in total. The fraction of sp³-hybridized carbons (Fsp3) is 0.333. The van der Waals surface area contributed by atoms with Crippen molar-refractivity contribution in [1.29, 1.82) is 0 Å². The van der Waals surface area contributed by atoms with Crippen LogP contribution in [0.2, 0.25) is 0 Å². The number of carbonyl (C=O) groups excluding carboxylic acids is 1. The van der Waals surface area contributed by atoms with Crippen molar-refractivity contribution in [2.75, 3.05) is 23.7 Å². The van der Waals surface area contributed by atoms with Gasteiger partial charge in [-0.05, 0) is 72.9 Å². The summed E-state index contributed by atoms with van der Waals surface area (Å²) in [5.41, 5.74) is 3.83. The maximum atomic E-state index is 12.4. The zero-order valence-electron chi connectivity index (χ0n) is 15.3. The van der Waals surface area contributed by atoms with Crippen LogP contribution in [0.25, 0.3) is 0 Å². The molecule has 0 spiro atoms. The van der Waals surface area contributed by atoms with Crippen molar-refractivity contribution < 1.29 is 4.79 Å². The Kier molecular flexibility index (Phi) is 5.89. The van der Waals surface area contributed by atoms with Crippen molar-refractivity contribution in [3.05, 3.63) is 59.7 Å². The molecule has 26 heavy (non-hydrogen) atoms. The molecule has 136 valence electrons. The highest BCUT2D eigenvalue weighted by Crippen LogP contribution is 2.18. The molecule has 3 rings (SSSR count). The molecule has 1 saturated heterocycles. The van der Waals surface area contributed by atoms with Gasteiger partial charge in [-0.25, -0.2) is 0 Å². The highest BCUT2D eigenvalue weighted by molar-refractivity contribution is 7.80. The summed E-state index contributed by atoms with van der Waals surface area (Å²) in [4.78, 5) is 14.3. The van der Waals surface area contributed by atoms with Crippen molar-refractivity contribution in [3.8, 4) is 0 Å². The van der Waals surface area contributed by atoms with Crippen LogP contribution in [0.1, 0.15) is 48.5 Å². The second kappa shape index (κ2) is 8.32. The molecule has 1 aliphatic rings. The van der Waals surface area contributed by atoms with Crippen LogP contribution < -0.4 is 10.6 Å². The minimum Gasteiger partial charge on any atom is -0.339 e. The minimum atomic E-state index is 0.111. The predicted molar refractivity (Wildman–Crippen MR) is 112 cm³/mol. The summed E-state index contributed by atoms with van der Waals surface area (Å²) in [5.74, 6) is 0.621. The molecule has 5 heteroatoms. The Labute approximate surface area is 160 Å². The van der Waals surface area contributed by atoms with Gasteiger partial charge in [-0.15, -0.1) is 0 Å². The SMILES string of the molecule is CC(C)c1ccc(NC(=S)Nc2ccc(C(=O)N3CCCC3)cc2)cc1. The first-order chi connectivity index (χ1) is 12.5. The van der Waals surface area contributed by atoms with Gasteiger partial charge in [0.2, 0.25) is 0 Å². The molecule has 2 aromatic carbocycles. The quantitative estimate of drug-likeness (QED) is 0.758. The average Bonchev–Trinajstić information content (AvgIpc) is 3.17. The van der Waals surface area contributed by atoms with Gasteiger partial charge in [0, 0.05) is 30.0 Å². The van der Waals surface area contributed by atoms with Gasteiger partial charge < -0.3 is 15.5 Å². The molecule has 2 aromatic rings. The number of benzene rings is 2. The summed E-state index contributed by atoms with van der Waals surface area (Å²) in [6.07, 6.45) is 2.20. The fourth-order valence-corrected chi connectivity index (χ4v) is 3.28. The van der Waals surface area contributed by atoms with E-state index in [1.54, 1.807) is 0 Å². The molecule has 0 saturated carbocycles. The number of hydrogen-bond acceptors (Lipinski definition) is 2. The van der Waals surface area contributed by atoms with Crippen LogP contribution in [-0.4, -0.2) is 29.0 Å². The number of nitrogens with one attached hydrogen (secondary N) is 2. The lowest BCUT2D eigenvalue weighted by molar-refractivity contribution is 0.0793. The number of thiocarbonyl (C=S) groups is 1. The highest BCUT2D eigenvalue weighted by atomic mass is 32.1. The van der Waals surface area contributed by atoms with Gasteiger partial charge in [-0.1, -0.05) is 26.0 Å². The van der Waals surface area contributed by atoms with E-state index in [1.165, 1.54) is 5.56 Å². The third-order valence-electron chi connectivity index (χ3n) is 4.62. The summed E-state index contributed by atoms with van der Waals surface area (Å²) in [5, 5.41) is 6.87. The summed E-state index contributed by atoms with van der Waals surface area (Å²) in [7, 11) is 0. The standard InChI is InChI=1S/C21H25N3OS/c1-15(2)16-5-9-18(10-6-16)22-21(26)23-19-11-7-17(8-12-19)20(25)24-13-3-4-14-24/h5-12,15H,3-4,13-14H2,1-2H3,(H2,22,23,26). The smallest absolute Gasteiger partial charge is 0.253 e. The van der Waals surface area contributed by atoms with E-state index in [4.69, 9.17) is 12.2 Å². The molecule has 0 radical (unpaired) electrons. The lowest BCUT2D eigenvalue weighted by Crippen LogP contribution is -2.27.